The lowest BCUT2D eigenvalue weighted by Crippen LogP contribution is -2.42. The number of hydrogen-bond donors (Lipinski definition) is 1. The maximum absolute atomic E-state index is 12.5. The second-order valence-corrected chi connectivity index (χ2v) is 9.01. The Morgan fingerprint density at radius 3 is 2.23 bits per heavy atom. The van der Waals surface area contributed by atoms with Gasteiger partial charge in [0.25, 0.3) is 0 Å². The topological polar surface area (TPSA) is 49.4 Å². The predicted octanol–water partition coefficient (Wildman–Crippen LogP) is 4.55. The molecule has 0 bridgehead atoms. The summed E-state index contributed by atoms with van der Waals surface area (Å²) in [7, 11) is 0. The van der Waals surface area contributed by atoms with Gasteiger partial charge in [-0.25, -0.2) is 0 Å². The minimum atomic E-state index is -0.0216. The fourth-order valence-electron chi connectivity index (χ4n) is 3.66. The number of piperidine rings is 1. The lowest BCUT2D eigenvalue weighted by Gasteiger charge is -2.30. The number of nitrogens with one attached hydrogen (secondary N) is 1. The molecular formula is C26H32N2O2. The van der Waals surface area contributed by atoms with Crippen LogP contribution in [0, 0.1) is 5.92 Å². The van der Waals surface area contributed by atoms with Gasteiger partial charge in [0.1, 0.15) is 0 Å². The van der Waals surface area contributed by atoms with E-state index in [0.29, 0.717) is 32.5 Å². The van der Waals surface area contributed by atoms with Crippen molar-refractivity contribution in [2.24, 2.45) is 5.92 Å². The highest BCUT2D eigenvalue weighted by molar-refractivity contribution is 5.92. The fourth-order valence-corrected chi connectivity index (χ4v) is 3.66. The fraction of sp³-hybridized carbons (Fsp3) is 0.385. The van der Waals surface area contributed by atoms with Gasteiger partial charge in [-0.1, -0.05) is 75.4 Å². The first-order valence-electron chi connectivity index (χ1n) is 10.7. The number of amides is 2. The van der Waals surface area contributed by atoms with Crippen molar-refractivity contribution in [3.63, 3.8) is 0 Å². The third-order valence-electron chi connectivity index (χ3n) is 5.68. The van der Waals surface area contributed by atoms with Crippen molar-refractivity contribution in [2.75, 3.05) is 13.1 Å². The van der Waals surface area contributed by atoms with E-state index in [1.165, 1.54) is 5.56 Å². The molecule has 0 spiro atoms. The molecule has 0 radical (unpaired) electrons. The summed E-state index contributed by atoms with van der Waals surface area (Å²) >= 11 is 0. The van der Waals surface area contributed by atoms with Gasteiger partial charge in [-0.2, -0.15) is 0 Å². The summed E-state index contributed by atoms with van der Waals surface area (Å²) in [5.74, 6) is 0.0742. The molecule has 3 rings (SSSR count). The Hall–Kier alpha value is -2.88. The van der Waals surface area contributed by atoms with Crippen LogP contribution >= 0.6 is 0 Å². The molecule has 1 aliphatic rings. The number of carbonyl (C=O) groups is 2. The third-order valence-corrected chi connectivity index (χ3v) is 5.68. The summed E-state index contributed by atoms with van der Waals surface area (Å²) in [6, 6.07) is 18.2. The maximum atomic E-state index is 12.5. The van der Waals surface area contributed by atoms with Crippen molar-refractivity contribution in [3.8, 4) is 0 Å². The van der Waals surface area contributed by atoms with E-state index in [2.05, 4.69) is 38.2 Å². The molecule has 4 nitrogen and oxygen atoms in total. The number of likely N-dealkylation sites (tertiary alicyclic amines) is 1. The third kappa shape index (κ3) is 6.06. The van der Waals surface area contributed by atoms with Gasteiger partial charge in [-0.3, -0.25) is 9.59 Å². The van der Waals surface area contributed by atoms with Gasteiger partial charge >= 0.3 is 0 Å². The SMILES string of the molecule is CC(C)(C)c1ccc(/C=C/C(=O)N2CCC(C(=O)NCc3ccccc3)CC2)cc1. The Balaban J connectivity index is 1.45. The zero-order chi connectivity index (χ0) is 21.6. The second kappa shape index (κ2) is 9.75. The Bertz CT molecular complexity index is 871. The molecule has 158 valence electrons. The van der Waals surface area contributed by atoms with E-state index in [1.54, 1.807) is 6.08 Å². The molecule has 30 heavy (non-hydrogen) atoms. The first-order valence-corrected chi connectivity index (χ1v) is 10.7. The first-order chi connectivity index (χ1) is 14.3. The van der Waals surface area contributed by atoms with Crippen molar-refractivity contribution in [3.05, 3.63) is 77.4 Å². The zero-order valence-electron chi connectivity index (χ0n) is 18.2. The number of hydrogen-bond acceptors (Lipinski definition) is 2. The van der Waals surface area contributed by atoms with Crippen LogP contribution in [0.4, 0.5) is 0 Å². The molecule has 0 aromatic heterocycles. The molecule has 2 aromatic carbocycles. The van der Waals surface area contributed by atoms with E-state index in [9.17, 15) is 9.59 Å². The molecule has 0 saturated carbocycles. The zero-order valence-corrected chi connectivity index (χ0v) is 18.2. The number of benzene rings is 2. The van der Waals surface area contributed by atoms with E-state index in [-0.39, 0.29) is 23.1 Å². The highest BCUT2D eigenvalue weighted by atomic mass is 16.2. The van der Waals surface area contributed by atoms with Gasteiger partial charge in [-0.15, -0.1) is 0 Å². The molecule has 1 aliphatic heterocycles. The largest absolute Gasteiger partial charge is 0.352 e. The quantitative estimate of drug-likeness (QED) is 0.743. The summed E-state index contributed by atoms with van der Waals surface area (Å²) in [4.78, 5) is 26.8. The average molecular weight is 405 g/mol. The van der Waals surface area contributed by atoms with E-state index in [4.69, 9.17) is 0 Å². The number of rotatable bonds is 5. The van der Waals surface area contributed by atoms with E-state index < -0.39 is 0 Å². The molecule has 1 N–H and O–H groups in total. The van der Waals surface area contributed by atoms with Crippen LogP contribution in [0.1, 0.15) is 50.3 Å². The monoisotopic (exact) mass is 404 g/mol. The average Bonchev–Trinajstić information content (AvgIpc) is 2.76. The summed E-state index contributed by atoms with van der Waals surface area (Å²) in [5, 5.41) is 3.02. The van der Waals surface area contributed by atoms with Crippen molar-refractivity contribution >= 4 is 17.9 Å². The van der Waals surface area contributed by atoms with Gasteiger partial charge < -0.3 is 10.2 Å². The highest BCUT2D eigenvalue weighted by Gasteiger charge is 2.26. The van der Waals surface area contributed by atoms with Crippen LogP contribution in [-0.2, 0) is 21.5 Å². The Morgan fingerprint density at radius 1 is 1.00 bits per heavy atom. The molecule has 1 fully saturated rings. The molecule has 1 saturated heterocycles. The standard InChI is InChI=1S/C26H32N2O2/c1-26(2,3)23-12-9-20(10-13-23)11-14-24(29)28-17-15-22(16-18-28)25(30)27-19-21-7-5-4-6-8-21/h4-14,22H,15-19H2,1-3H3,(H,27,30)/b14-11+. The van der Waals surface area contributed by atoms with E-state index >= 15 is 0 Å². The minimum absolute atomic E-state index is 0.0121. The molecule has 0 atom stereocenters. The van der Waals surface area contributed by atoms with E-state index in [1.807, 2.05) is 53.4 Å². The molecule has 0 aliphatic carbocycles. The number of nitrogens with zero attached hydrogens (tertiary/aromatic N) is 1. The number of carbonyl (C=O) groups excluding carboxylic acids is 2. The Kier molecular flexibility index (Phi) is 7.09. The van der Waals surface area contributed by atoms with Crippen LogP contribution in [0.3, 0.4) is 0 Å². The van der Waals surface area contributed by atoms with Crippen molar-refractivity contribution < 1.29 is 9.59 Å². The van der Waals surface area contributed by atoms with Gasteiger partial charge in [0, 0.05) is 31.6 Å². The Labute approximate surface area is 180 Å². The summed E-state index contributed by atoms with van der Waals surface area (Å²) in [5.41, 5.74) is 3.51. The van der Waals surface area contributed by atoms with Crippen LogP contribution in [0.15, 0.2) is 60.7 Å². The lowest BCUT2D eigenvalue weighted by atomic mass is 9.87. The summed E-state index contributed by atoms with van der Waals surface area (Å²) in [6.45, 7) is 8.35. The predicted molar refractivity (Wildman–Crippen MR) is 122 cm³/mol. The van der Waals surface area contributed by atoms with Crippen LogP contribution in [-0.4, -0.2) is 29.8 Å². The molecule has 2 amide bonds. The molecule has 4 heteroatoms. The van der Waals surface area contributed by atoms with Gasteiger partial charge in [0.05, 0.1) is 0 Å². The van der Waals surface area contributed by atoms with Crippen LogP contribution in [0.5, 0.6) is 0 Å². The molecule has 0 unspecified atom stereocenters. The van der Waals surface area contributed by atoms with Gasteiger partial charge in [0.2, 0.25) is 11.8 Å². The van der Waals surface area contributed by atoms with Crippen molar-refractivity contribution in [1.82, 2.24) is 10.2 Å². The highest BCUT2D eigenvalue weighted by Crippen LogP contribution is 2.23. The summed E-state index contributed by atoms with van der Waals surface area (Å²) < 4.78 is 0. The van der Waals surface area contributed by atoms with Crippen LogP contribution in [0.2, 0.25) is 0 Å². The smallest absolute Gasteiger partial charge is 0.246 e. The van der Waals surface area contributed by atoms with Crippen molar-refractivity contribution in [1.29, 1.82) is 0 Å². The van der Waals surface area contributed by atoms with Crippen LogP contribution in [0.25, 0.3) is 6.08 Å². The van der Waals surface area contributed by atoms with Gasteiger partial charge in [-0.05, 0) is 41.0 Å². The normalized spacial score (nSPS) is 15.4. The summed E-state index contributed by atoms with van der Waals surface area (Å²) in [6.07, 6.45) is 4.93. The van der Waals surface area contributed by atoms with E-state index in [0.717, 1.165) is 11.1 Å². The molecule has 2 aromatic rings. The second-order valence-electron chi connectivity index (χ2n) is 9.01. The first kappa shape index (κ1) is 21.8. The minimum Gasteiger partial charge on any atom is -0.352 e. The Morgan fingerprint density at radius 2 is 1.63 bits per heavy atom. The lowest BCUT2D eigenvalue weighted by molar-refractivity contribution is -0.132. The molecular weight excluding hydrogens is 372 g/mol. The molecule has 1 heterocycles. The van der Waals surface area contributed by atoms with Crippen LogP contribution < -0.4 is 5.32 Å². The maximum Gasteiger partial charge on any atom is 0.246 e. The van der Waals surface area contributed by atoms with Gasteiger partial charge in [0.15, 0.2) is 0 Å². The van der Waals surface area contributed by atoms with Crippen molar-refractivity contribution in [2.45, 2.75) is 45.6 Å².